The smallest absolute Gasteiger partial charge is 0.341 e. The van der Waals surface area contributed by atoms with E-state index in [1.165, 1.54) is 19.3 Å². The molecular weight excluding hydrogens is 364 g/mol. The molecule has 3 rings (SSSR count). The van der Waals surface area contributed by atoms with Gasteiger partial charge in [-0.1, -0.05) is 24.3 Å². The Hall–Kier alpha value is -2.64. The first kappa shape index (κ1) is 20.1. The largest absolute Gasteiger partial charge is 0.465 e. The fourth-order valence-electron chi connectivity index (χ4n) is 3.78. The van der Waals surface area contributed by atoms with Crippen LogP contribution in [0.3, 0.4) is 0 Å². The predicted molar refractivity (Wildman–Crippen MR) is 99.6 cm³/mol. The van der Waals surface area contributed by atoms with Gasteiger partial charge in [0.15, 0.2) is 0 Å². The Morgan fingerprint density at radius 3 is 2.50 bits per heavy atom. The highest BCUT2D eigenvalue weighted by atomic mass is 16.6. The molecule has 7 heteroatoms. The number of carbonyl (C=O) groups excluding carboxylic acids is 2. The summed E-state index contributed by atoms with van der Waals surface area (Å²) in [5.74, 6) is -1.84. The molecule has 3 heterocycles. The normalized spacial score (nSPS) is 31.2. The van der Waals surface area contributed by atoms with Crippen molar-refractivity contribution < 1.29 is 33.7 Å². The van der Waals surface area contributed by atoms with Gasteiger partial charge < -0.3 is 24.1 Å². The Morgan fingerprint density at radius 2 is 1.93 bits per heavy atom. The zero-order chi connectivity index (χ0) is 20.7. The summed E-state index contributed by atoms with van der Waals surface area (Å²) in [6.07, 6.45) is -1.91. The van der Waals surface area contributed by atoms with Gasteiger partial charge >= 0.3 is 11.9 Å². The van der Waals surface area contributed by atoms with Crippen LogP contribution in [0.4, 0.5) is 0 Å². The van der Waals surface area contributed by atoms with Gasteiger partial charge in [-0.15, -0.1) is 0 Å². The molecule has 0 aromatic carbocycles. The van der Waals surface area contributed by atoms with E-state index in [0.717, 1.165) is 0 Å². The molecule has 1 aromatic rings. The minimum atomic E-state index is -1.28. The highest BCUT2D eigenvalue weighted by Gasteiger charge is 2.46. The molecule has 0 radical (unpaired) electrons. The van der Waals surface area contributed by atoms with Gasteiger partial charge in [-0.25, -0.2) is 9.59 Å². The Labute approximate surface area is 162 Å². The molecule has 5 atom stereocenters. The van der Waals surface area contributed by atoms with Gasteiger partial charge in [0.1, 0.15) is 29.3 Å². The Bertz CT molecular complexity index is 875. The summed E-state index contributed by atoms with van der Waals surface area (Å²) in [5, 5.41) is 21.4. The van der Waals surface area contributed by atoms with Crippen molar-refractivity contribution in [2.24, 2.45) is 5.92 Å². The zero-order valence-electron chi connectivity index (χ0n) is 16.1. The third-order valence-corrected chi connectivity index (χ3v) is 5.31. The summed E-state index contributed by atoms with van der Waals surface area (Å²) in [7, 11) is 1.26. The summed E-state index contributed by atoms with van der Waals surface area (Å²) < 4.78 is 16.2. The van der Waals surface area contributed by atoms with E-state index >= 15 is 0 Å². The van der Waals surface area contributed by atoms with Crippen molar-refractivity contribution >= 4 is 11.9 Å². The maximum atomic E-state index is 12.3. The molecule has 0 amide bonds. The van der Waals surface area contributed by atoms with Crippen LogP contribution in [0.25, 0.3) is 0 Å². The van der Waals surface area contributed by atoms with E-state index in [1.54, 1.807) is 13.8 Å². The summed E-state index contributed by atoms with van der Waals surface area (Å²) in [4.78, 5) is 24.6. The van der Waals surface area contributed by atoms with Crippen molar-refractivity contribution in [3.8, 4) is 0 Å². The van der Waals surface area contributed by atoms with Crippen LogP contribution in [0.15, 0.2) is 46.4 Å². The lowest BCUT2D eigenvalue weighted by Gasteiger charge is -2.23. The molecule has 2 N–H and O–H groups in total. The maximum Gasteiger partial charge on any atom is 0.341 e. The minimum Gasteiger partial charge on any atom is -0.465 e. The molecular formula is C21H24O7. The van der Waals surface area contributed by atoms with Crippen LogP contribution in [0.1, 0.15) is 41.6 Å². The van der Waals surface area contributed by atoms with Crippen molar-refractivity contribution in [1.82, 2.24) is 0 Å². The molecule has 0 spiro atoms. The highest BCUT2D eigenvalue weighted by Crippen LogP contribution is 2.40. The molecule has 1 aromatic heterocycles. The van der Waals surface area contributed by atoms with Crippen molar-refractivity contribution in [2.45, 2.75) is 44.5 Å². The van der Waals surface area contributed by atoms with Gasteiger partial charge in [0, 0.05) is 12.3 Å². The Morgan fingerprint density at radius 1 is 1.25 bits per heavy atom. The number of rotatable bonds is 3. The second-order valence-electron chi connectivity index (χ2n) is 7.39. The van der Waals surface area contributed by atoms with Gasteiger partial charge in [0.25, 0.3) is 0 Å². The first-order chi connectivity index (χ1) is 13.1. The molecule has 0 saturated carbocycles. The first-order valence-corrected chi connectivity index (χ1v) is 8.96. The van der Waals surface area contributed by atoms with E-state index in [9.17, 15) is 19.8 Å². The summed E-state index contributed by atoms with van der Waals surface area (Å²) in [5.41, 5.74) is 1.43. The van der Waals surface area contributed by atoms with Gasteiger partial charge in [-0.05, 0) is 26.0 Å². The Kier molecular flexibility index (Phi) is 5.32. The fourth-order valence-corrected chi connectivity index (χ4v) is 3.78. The van der Waals surface area contributed by atoms with Crippen LogP contribution < -0.4 is 0 Å². The molecule has 5 unspecified atom stereocenters. The number of hydrogen-bond donors (Lipinski definition) is 2. The minimum absolute atomic E-state index is 0.00413. The number of esters is 2. The number of carbonyl (C=O) groups is 2. The summed E-state index contributed by atoms with van der Waals surface area (Å²) in [6.45, 7) is 11.3. The topological polar surface area (TPSA) is 106 Å². The van der Waals surface area contributed by atoms with Gasteiger partial charge in [-0.3, -0.25) is 0 Å². The van der Waals surface area contributed by atoms with Crippen molar-refractivity contribution in [2.75, 3.05) is 7.11 Å². The molecule has 4 bridgehead atoms. The van der Waals surface area contributed by atoms with E-state index in [0.29, 0.717) is 22.7 Å². The number of hydrogen-bond acceptors (Lipinski definition) is 7. The second kappa shape index (κ2) is 7.41. The molecule has 1 fully saturated rings. The number of ether oxygens (including phenoxy) is 2. The average Bonchev–Trinajstić information content (AvgIpc) is 3.14. The maximum absolute atomic E-state index is 12.3. The lowest BCUT2D eigenvalue weighted by Crippen LogP contribution is -2.30. The second-order valence-corrected chi connectivity index (χ2v) is 7.39. The lowest BCUT2D eigenvalue weighted by atomic mass is 9.85. The number of furan rings is 1. The number of aliphatic hydroxyl groups is 2. The average molecular weight is 388 g/mol. The monoisotopic (exact) mass is 388 g/mol. The standard InChI is InChI=1S/C21H24O7/c1-9(2)11-7-15-12(20(24)26-5)8-16(27-15)17(10(3)4)19-18(23)13(6-14(11)22)21(25)28-19/h6,8,11,14,17-19,22-23H,1,3,7H2,2,4-5H3/b13-6+. The van der Waals surface area contributed by atoms with E-state index in [1.807, 2.05) is 0 Å². The van der Waals surface area contributed by atoms with Crippen LogP contribution in [0, 0.1) is 5.92 Å². The van der Waals surface area contributed by atoms with Crippen LogP contribution >= 0.6 is 0 Å². The first-order valence-electron chi connectivity index (χ1n) is 8.96. The van der Waals surface area contributed by atoms with Crippen LogP contribution in [0.2, 0.25) is 0 Å². The summed E-state index contributed by atoms with van der Waals surface area (Å²) >= 11 is 0. The van der Waals surface area contributed by atoms with Crippen molar-refractivity contribution in [3.05, 3.63) is 59.1 Å². The van der Waals surface area contributed by atoms with Gasteiger partial charge in [-0.2, -0.15) is 0 Å². The van der Waals surface area contributed by atoms with Crippen LogP contribution in [0.5, 0.6) is 0 Å². The number of fused-ring (bicyclic) bond motifs is 4. The molecule has 2 aliphatic rings. The van der Waals surface area contributed by atoms with E-state index in [4.69, 9.17) is 13.9 Å². The molecule has 28 heavy (non-hydrogen) atoms. The molecule has 2 aliphatic heterocycles. The summed E-state index contributed by atoms with van der Waals surface area (Å²) in [6, 6.07) is 1.52. The van der Waals surface area contributed by atoms with Crippen molar-refractivity contribution in [1.29, 1.82) is 0 Å². The number of aliphatic hydroxyl groups excluding tert-OH is 2. The van der Waals surface area contributed by atoms with Crippen molar-refractivity contribution in [3.63, 3.8) is 0 Å². The van der Waals surface area contributed by atoms with Gasteiger partial charge in [0.2, 0.25) is 0 Å². The molecule has 150 valence electrons. The van der Waals surface area contributed by atoms with Crippen LogP contribution in [-0.4, -0.2) is 47.6 Å². The van der Waals surface area contributed by atoms with Crippen LogP contribution in [-0.2, 0) is 20.7 Å². The highest BCUT2D eigenvalue weighted by molar-refractivity contribution is 5.93. The lowest BCUT2D eigenvalue weighted by molar-refractivity contribution is -0.140. The fraction of sp³-hybridized carbons (Fsp3) is 0.429. The third kappa shape index (κ3) is 3.31. The van der Waals surface area contributed by atoms with E-state index in [2.05, 4.69) is 13.2 Å². The molecule has 0 aliphatic carbocycles. The quantitative estimate of drug-likeness (QED) is 0.603. The predicted octanol–water partition coefficient (Wildman–Crippen LogP) is 2.05. The van der Waals surface area contributed by atoms with E-state index < -0.39 is 42.1 Å². The number of methoxy groups -OCH3 is 1. The molecule has 7 nitrogen and oxygen atoms in total. The van der Waals surface area contributed by atoms with Gasteiger partial charge in [0.05, 0.1) is 24.7 Å². The third-order valence-electron chi connectivity index (χ3n) is 5.31. The Balaban J connectivity index is 2.24. The van der Waals surface area contributed by atoms with E-state index in [-0.39, 0.29) is 17.6 Å². The SMILES string of the molecule is C=C(C)C1Cc2oc(cc2C(=O)OC)C(C(=C)C)C2OC(=O)/C(=C/C1O)C2O. The zero-order valence-corrected chi connectivity index (χ0v) is 16.1. The molecule has 1 saturated heterocycles.